The van der Waals surface area contributed by atoms with Gasteiger partial charge < -0.3 is 15.5 Å². The first-order valence-corrected chi connectivity index (χ1v) is 12.8. The van der Waals surface area contributed by atoms with Gasteiger partial charge in [0.1, 0.15) is 17.5 Å². The van der Waals surface area contributed by atoms with Crippen molar-refractivity contribution in [2.75, 3.05) is 0 Å². The third-order valence-electron chi connectivity index (χ3n) is 6.72. The lowest BCUT2D eigenvalue weighted by atomic mass is 9.95. The molecule has 3 amide bonds. The zero-order valence-corrected chi connectivity index (χ0v) is 21.4. The van der Waals surface area contributed by atoms with Gasteiger partial charge in [0.2, 0.25) is 11.8 Å². The number of halogens is 1. The van der Waals surface area contributed by atoms with Crippen LogP contribution < -0.4 is 10.6 Å². The van der Waals surface area contributed by atoms with Gasteiger partial charge in [0, 0.05) is 21.9 Å². The molecule has 0 bridgehead atoms. The average Bonchev–Trinajstić information content (AvgIpc) is 3.25. The quantitative estimate of drug-likeness (QED) is 0.586. The number of benzene rings is 2. The molecule has 2 aliphatic rings. The van der Waals surface area contributed by atoms with E-state index in [4.69, 9.17) is 11.6 Å². The Morgan fingerprint density at radius 2 is 1.82 bits per heavy atom. The minimum absolute atomic E-state index is 0.0754. The monoisotopic (exact) mass is 499 g/mol. The maximum atomic E-state index is 13.6. The minimum atomic E-state index is -0.704. The normalized spacial score (nSPS) is 22.0. The number of carbonyl (C=O) groups excluding carboxylic acids is 3. The first-order valence-electron chi connectivity index (χ1n) is 11.6. The van der Waals surface area contributed by atoms with Gasteiger partial charge in [-0.1, -0.05) is 62.2 Å². The summed E-state index contributed by atoms with van der Waals surface area (Å²) in [5.74, 6) is -0.749. The molecular formula is C26H30ClN3O3S. The van der Waals surface area contributed by atoms with Crippen molar-refractivity contribution in [2.24, 2.45) is 5.92 Å². The SMILES string of the molecule is CC[C@@H](C)[C@H](NC(=O)[C@H]1N2C(=O)c3ccccc3[C@H]2SC1(C)C)C(=O)NCc1ccc(Cl)cc1. The highest BCUT2D eigenvalue weighted by molar-refractivity contribution is 8.01. The predicted molar refractivity (Wildman–Crippen MR) is 135 cm³/mol. The van der Waals surface area contributed by atoms with Crippen molar-refractivity contribution in [3.8, 4) is 0 Å². The lowest BCUT2D eigenvalue weighted by molar-refractivity contribution is -0.133. The van der Waals surface area contributed by atoms with Crippen LogP contribution in [0, 0.1) is 5.92 Å². The van der Waals surface area contributed by atoms with E-state index in [1.807, 2.05) is 64.1 Å². The molecule has 2 aliphatic heterocycles. The standard InChI is InChI=1S/C26H30ClN3O3S/c1-5-15(2)20(22(31)28-14-16-10-12-17(27)13-11-16)29-23(32)21-26(3,4)34-25-19-9-7-6-8-18(19)24(33)30(21)25/h6-13,15,20-21,25H,5,14H2,1-4H3,(H,28,31)(H,29,32)/t15-,20+,21-,25-/m1/s1. The summed E-state index contributed by atoms with van der Waals surface area (Å²) in [4.78, 5) is 41.7. The molecule has 0 unspecified atom stereocenters. The highest BCUT2D eigenvalue weighted by Gasteiger charge is 2.57. The molecule has 8 heteroatoms. The number of fused-ring (bicyclic) bond motifs is 3. The van der Waals surface area contributed by atoms with Gasteiger partial charge in [-0.3, -0.25) is 14.4 Å². The van der Waals surface area contributed by atoms with Crippen LogP contribution in [-0.2, 0) is 16.1 Å². The van der Waals surface area contributed by atoms with Crippen molar-refractivity contribution >= 4 is 41.1 Å². The Morgan fingerprint density at radius 3 is 2.50 bits per heavy atom. The first kappa shape index (κ1) is 24.6. The van der Waals surface area contributed by atoms with Gasteiger partial charge in [0.15, 0.2) is 0 Å². The zero-order chi connectivity index (χ0) is 24.6. The van der Waals surface area contributed by atoms with Gasteiger partial charge in [0.25, 0.3) is 5.91 Å². The van der Waals surface area contributed by atoms with E-state index in [1.165, 1.54) is 0 Å². The van der Waals surface area contributed by atoms with E-state index >= 15 is 0 Å². The van der Waals surface area contributed by atoms with Crippen LogP contribution in [0.25, 0.3) is 0 Å². The summed E-state index contributed by atoms with van der Waals surface area (Å²) in [6, 6.07) is 13.4. The molecule has 180 valence electrons. The fourth-order valence-corrected chi connectivity index (χ4v) is 6.35. The Balaban J connectivity index is 1.51. The summed E-state index contributed by atoms with van der Waals surface area (Å²) in [5.41, 5.74) is 2.51. The van der Waals surface area contributed by atoms with Crippen molar-refractivity contribution in [2.45, 2.75) is 62.9 Å². The van der Waals surface area contributed by atoms with E-state index in [1.54, 1.807) is 28.8 Å². The number of carbonyl (C=O) groups is 3. The second-order valence-electron chi connectivity index (χ2n) is 9.49. The molecular weight excluding hydrogens is 470 g/mol. The lowest BCUT2D eigenvalue weighted by Gasteiger charge is -2.32. The number of hydrogen-bond acceptors (Lipinski definition) is 4. The van der Waals surface area contributed by atoms with Crippen LogP contribution in [0.1, 0.15) is 61.0 Å². The largest absolute Gasteiger partial charge is 0.350 e. The van der Waals surface area contributed by atoms with Crippen molar-refractivity contribution in [3.63, 3.8) is 0 Å². The van der Waals surface area contributed by atoms with E-state index in [-0.39, 0.29) is 29.0 Å². The topological polar surface area (TPSA) is 78.5 Å². The zero-order valence-electron chi connectivity index (χ0n) is 19.8. The van der Waals surface area contributed by atoms with Crippen LogP contribution in [-0.4, -0.2) is 39.5 Å². The van der Waals surface area contributed by atoms with Gasteiger partial charge in [-0.15, -0.1) is 11.8 Å². The summed E-state index contributed by atoms with van der Waals surface area (Å²) in [7, 11) is 0. The van der Waals surface area contributed by atoms with Gasteiger partial charge in [-0.2, -0.15) is 0 Å². The molecule has 2 aromatic rings. The second-order valence-corrected chi connectivity index (χ2v) is 11.7. The highest BCUT2D eigenvalue weighted by atomic mass is 35.5. The van der Waals surface area contributed by atoms with Crippen molar-refractivity contribution in [1.82, 2.24) is 15.5 Å². The van der Waals surface area contributed by atoms with Crippen LogP contribution in [0.2, 0.25) is 5.02 Å². The molecule has 4 atom stereocenters. The molecule has 2 heterocycles. The minimum Gasteiger partial charge on any atom is -0.350 e. The number of nitrogens with one attached hydrogen (secondary N) is 2. The molecule has 0 aromatic heterocycles. The molecule has 1 fully saturated rings. The fraction of sp³-hybridized carbons (Fsp3) is 0.423. The van der Waals surface area contributed by atoms with E-state index < -0.39 is 16.8 Å². The molecule has 1 saturated heterocycles. The van der Waals surface area contributed by atoms with Crippen LogP contribution in [0.3, 0.4) is 0 Å². The van der Waals surface area contributed by atoms with Crippen LogP contribution >= 0.6 is 23.4 Å². The number of rotatable bonds is 7. The average molecular weight is 500 g/mol. The Morgan fingerprint density at radius 1 is 1.15 bits per heavy atom. The third-order valence-corrected chi connectivity index (χ3v) is 8.51. The summed E-state index contributed by atoms with van der Waals surface area (Å²) < 4.78 is -0.502. The van der Waals surface area contributed by atoms with Gasteiger partial charge in [0.05, 0.1) is 0 Å². The molecule has 2 N–H and O–H groups in total. The number of hydrogen-bond donors (Lipinski definition) is 2. The Bertz CT molecular complexity index is 1100. The maximum Gasteiger partial charge on any atom is 0.256 e. The number of nitrogens with zero attached hydrogens (tertiary/aromatic N) is 1. The Labute approximate surface area is 209 Å². The fourth-order valence-electron chi connectivity index (χ4n) is 4.64. The Hall–Kier alpha value is -2.51. The lowest BCUT2D eigenvalue weighted by Crippen LogP contribution is -2.58. The van der Waals surface area contributed by atoms with Crippen LogP contribution in [0.15, 0.2) is 48.5 Å². The summed E-state index contributed by atoms with van der Waals surface area (Å²) in [6.07, 6.45) is 0.721. The molecule has 34 heavy (non-hydrogen) atoms. The summed E-state index contributed by atoms with van der Waals surface area (Å²) in [5, 5.41) is 6.36. The third kappa shape index (κ3) is 4.56. The highest BCUT2D eigenvalue weighted by Crippen LogP contribution is 2.56. The smallest absolute Gasteiger partial charge is 0.256 e. The van der Waals surface area contributed by atoms with Crippen LogP contribution in [0.5, 0.6) is 0 Å². The molecule has 6 nitrogen and oxygen atoms in total. The van der Waals surface area contributed by atoms with E-state index in [0.29, 0.717) is 17.1 Å². The van der Waals surface area contributed by atoms with Crippen molar-refractivity contribution < 1.29 is 14.4 Å². The number of amides is 3. The number of thioether (sulfide) groups is 1. The van der Waals surface area contributed by atoms with Gasteiger partial charge >= 0.3 is 0 Å². The first-order chi connectivity index (χ1) is 16.1. The molecule has 4 rings (SSSR count). The van der Waals surface area contributed by atoms with Gasteiger partial charge in [-0.05, 0) is 49.1 Å². The van der Waals surface area contributed by atoms with Crippen LogP contribution in [0.4, 0.5) is 0 Å². The molecule has 2 aromatic carbocycles. The van der Waals surface area contributed by atoms with Crippen molar-refractivity contribution in [3.05, 3.63) is 70.2 Å². The Kier molecular flexibility index (Phi) is 6.97. The predicted octanol–water partition coefficient (Wildman–Crippen LogP) is 4.54. The van der Waals surface area contributed by atoms with E-state index in [9.17, 15) is 14.4 Å². The molecule has 0 aliphatic carbocycles. The van der Waals surface area contributed by atoms with Crippen molar-refractivity contribution in [1.29, 1.82) is 0 Å². The molecule has 0 spiro atoms. The van der Waals surface area contributed by atoms with E-state index in [0.717, 1.165) is 17.5 Å². The van der Waals surface area contributed by atoms with Gasteiger partial charge in [-0.25, -0.2) is 0 Å². The summed E-state index contributed by atoms with van der Waals surface area (Å²) in [6.45, 7) is 8.24. The maximum absolute atomic E-state index is 13.6. The summed E-state index contributed by atoms with van der Waals surface area (Å²) >= 11 is 7.55. The molecule has 0 radical (unpaired) electrons. The second kappa shape index (κ2) is 9.62. The molecule has 0 saturated carbocycles. The van der Waals surface area contributed by atoms with E-state index in [2.05, 4.69) is 10.6 Å².